The third-order valence-electron chi connectivity index (χ3n) is 3.11. The fourth-order valence-electron chi connectivity index (χ4n) is 2.11. The Bertz CT molecular complexity index is 595. The Balaban J connectivity index is 1.82. The third kappa shape index (κ3) is 4.58. The monoisotopic (exact) mass is 304 g/mol. The number of amides is 1. The molecule has 1 aromatic heterocycles. The number of thiophene rings is 1. The maximum absolute atomic E-state index is 11.1. The minimum atomic E-state index is -0.0383. The van der Waals surface area contributed by atoms with Gasteiger partial charge in [-0.3, -0.25) is 4.79 Å². The van der Waals surface area contributed by atoms with E-state index in [4.69, 9.17) is 4.74 Å². The summed E-state index contributed by atoms with van der Waals surface area (Å²) in [5.41, 5.74) is 2.10. The van der Waals surface area contributed by atoms with E-state index in [1.54, 1.807) is 18.4 Å². The molecule has 0 aliphatic heterocycles. The lowest BCUT2D eigenvalue weighted by Crippen LogP contribution is -2.17. The van der Waals surface area contributed by atoms with Gasteiger partial charge in [0.1, 0.15) is 5.75 Å². The SMILES string of the molecule is COc1ccccc1CCNCc1sccc1NC(C)=O. The molecule has 2 rings (SSSR count). The van der Waals surface area contributed by atoms with Crippen molar-refractivity contribution in [2.45, 2.75) is 19.9 Å². The normalized spacial score (nSPS) is 10.4. The summed E-state index contributed by atoms with van der Waals surface area (Å²) in [6.07, 6.45) is 0.908. The number of nitrogens with one attached hydrogen (secondary N) is 2. The van der Waals surface area contributed by atoms with E-state index in [1.165, 1.54) is 12.5 Å². The van der Waals surface area contributed by atoms with Crippen LogP contribution in [0.5, 0.6) is 5.75 Å². The molecule has 0 aliphatic carbocycles. The van der Waals surface area contributed by atoms with Gasteiger partial charge in [0.25, 0.3) is 0 Å². The molecule has 0 atom stereocenters. The molecular weight excluding hydrogens is 284 g/mol. The second-order valence-corrected chi connectivity index (χ2v) is 5.68. The summed E-state index contributed by atoms with van der Waals surface area (Å²) < 4.78 is 5.34. The first-order valence-corrected chi connectivity index (χ1v) is 7.75. The molecule has 4 nitrogen and oxygen atoms in total. The second kappa shape index (κ2) is 7.81. The maximum Gasteiger partial charge on any atom is 0.221 e. The molecule has 2 aromatic rings. The molecule has 112 valence electrons. The number of benzene rings is 1. The largest absolute Gasteiger partial charge is 0.496 e. The van der Waals surface area contributed by atoms with Crippen molar-refractivity contribution >= 4 is 22.9 Å². The van der Waals surface area contributed by atoms with Crippen molar-refractivity contribution in [2.75, 3.05) is 19.0 Å². The summed E-state index contributed by atoms with van der Waals surface area (Å²) in [6, 6.07) is 9.98. The number of hydrogen-bond acceptors (Lipinski definition) is 4. The minimum absolute atomic E-state index is 0.0383. The highest BCUT2D eigenvalue weighted by Crippen LogP contribution is 2.22. The highest BCUT2D eigenvalue weighted by Gasteiger charge is 2.06. The van der Waals surface area contributed by atoms with Gasteiger partial charge in [-0.15, -0.1) is 11.3 Å². The van der Waals surface area contributed by atoms with E-state index in [0.29, 0.717) is 0 Å². The lowest BCUT2D eigenvalue weighted by molar-refractivity contribution is -0.114. The number of carbonyl (C=O) groups excluding carboxylic acids is 1. The van der Waals surface area contributed by atoms with Gasteiger partial charge in [0.2, 0.25) is 5.91 Å². The van der Waals surface area contributed by atoms with Crippen LogP contribution in [0.4, 0.5) is 5.69 Å². The molecular formula is C16H20N2O2S. The molecule has 0 bridgehead atoms. The van der Waals surface area contributed by atoms with Crippen LogP contribution >= 0.6 is 11.3 Å². The van der Waals surface area contributed by atoms with E-state index < -0.39 is 0 Å². The Morgan fingerprint density at radius 2 is 2.10 bits per heavy atom. The van der Waals surface area contributed by atoms with Crippen LogP contribution in [0.2, 0.25) is 0 Å². The van der Waals surface area contributed by atoms with Crippen molar-refractivity contribution in [3.8, 4) is 5.75 Å². The molecule has 0 radical (unpaired) electrons. The molecule has 0 unspecified atom stereocenters. The van der Waals surface area contributed by atoms with E-state index in [0.717, 1.165) is 35.8 Å². The average molecular weight is 304 g/mol. The highest BCUT2D eigenvalue weighted by atomic mass is 32.1. The Morgan fingerprint density at radius 1 is 1.29 bits per heavy atom. The molecule has 2 N–H and O–H groups in total. The van der Waals surface area contributed by atoms with Crippen LogP contribution in [0.15, 0.2) is 35.7 Å². The van der Waals surface area contributed by atoms with Crippen LogP contribution in [-0.4, -0.2) is 19.6 Å². The van der Waals surface area contributed by atoms with E-state index in [2.05, 4.69) is 16.7 Å². The van der Waals surface area contributed by atoms with Gasteiger partial charge in [0, 0.05) is 18.3 Å². The second-order valence-electron chi connectivity index (χ2n) is 4.68. The van der Waals surface area contributed by atoms with Crippen LogP contribution in [0, 0.1) is 0 Å². The smallest absolute Gasteiger partial charge is 0.221 e. The van der Waals surface area contributed by atoms with E-state index >= 15 is 0 Å². The average Bonchev–Trinajstić information content (AvgIpc) is 2.90. The number of methoxy groups -OCH3 is 1. The Hall–Kier alpha value is -1.85. The van der Waals surface area contributed by atoms with Gasteiger partial charge in [0.15, 0.2) is 0 Å². The first-order chi connectivity index (χ1) is 10.2. The van der Waals surface area contributed by atoms with Gasteiger partial charge in [-0.1, -0.05) is 18.2 Å². The predicted octanol–water partition coefficient (Wildman–Crippen LogP) is 3.05. The summed E-state index contributed by atoms with van der Waals surface area (Å²) in [6.45, 7) is 3.14. The molecule has 0 saturated carbocycles. The Morgan fingerprint density at radius 3 is 2.86 bits per heavy atom. The van der Waals surface area contributed by atoms with E-state index in [9.17, 15) is 4.79 Å². The van der Waals surface area contributed by atoms with Gasteiger partial charge in [-0.05, 0) is 36.0 Å². The van der Waals surface area contributed by atoms with Crippen LogP contribution in [0.3, 0.4) is 0 Å². The number of anilines is 1. The molecule has 0 aliphatic rings. The molecule has 5 heteroatoms. The van der Waals surface area contributed by atoms with Crippen LogP contribution < -0.4 is 15.4 Å². The highest BCUT2D eigenvalue weighted by molar-refractivity contribution is 7.10. The van der Waals surface area contributed by atoms with Gasteiger partial charge in [-0.2, -0.15) is 0 Å². The van der Waals surface area contributed by atoms with Gasteiger partial charge >= 0.3 is 0 Å². The summed E-state index contributed by atoms with van der Waals surface area (Å²) in [7, 11) is 1.69. The van der Waals surface area contributed by atoms with Crippen molar-refractivity contribution in [1.29, 1.82) is 0 Å². The standard InChI is InChI=1S/C16H20N2O2S/c1-12(19)18-14-8-10-21-16(14)11-17-9-7-13-5-3-4-6-15(13)20-2/h3-6,8,10,17H,7,9,11H2,1-2H3,(H,18,19). The number of carbonyl (C=O) groups is 1. The predicted molar refractivity (Wildman–Crippen MR) is 87.0 cm³/mol. The summed E-state index contributed by atoms with van der Waals surface area (Å²) >= 11 is 1.64. The summed E-state index contributed by atoms with van der Waals surface area (Å²) in [5, 5.41) is 8.24. The lowest BCUT2D eigenvalue weighted by Gasteiger charge is -2.09. The van der Waals surface area contributed by atoms with Crippen LogP contribution in [0.1, 0.15) is 17.4 Å². The zero-order chi connectivity index (χ0) is 15.1. The first kappa shape index (κ1) is 15.5. The molecule has 1 amide bonds. The van der Waals surface area contributed by atoms with Crippen LogP contribution in [-0.2, 0) is 17.8 Å². The molecule has 21 heavy (non-hydrogen) atoms. The quantitative estimate of drug-likeness (QED) is 0.773. The number of rotatable bonds is 7. The van der Waals surface area contributed by atoms with Crippen molar-refractivity contribution < 1.29 is 9.53 Å². The summed E-state index contributed by atoms with van der Waals surface area (Å²) in [4.78, 5) is 12.3. The van der Waals surface area contributed by atoms with Gasteiger partial charge in [0.05, 0.1) is 12.8 Å². The summed E-state index contributed by atoms with van der Waals surface area (Å²) in [5.74, 6) is 0.887. The zero-order valence-electron chi connectivity index (χ0n) is 12.3. The van der Waals surface area contributed by atoms with Crippen molar-refractivity contribution in [3.05, 3.63) is 46.2 Å². The Labute approximate surface area is 129 Å². The molecule has 0 spiro atoms. The van der Waals surface area contributed by atoms with Gasteiger partial charge in [-0.25, -0.2) is 0 Å². The van der Waals surface area contributed by atoms with Gasteiger partial charge < -0.3 is 15.4 Å². The molecule has 1 aromatic carbocycles. The Kier molecular flexibility index (Phi) is 5.78. The topological polar surface area (TPSA) is 50.4 Å². The maximum atomic E-state index is 11.1. The molecule has 0 fully saturated rings. The number of para-hydroxylation sites is 1. The minimum Gasteiger partial charge on any atom is -0.496 e. The molecule has 1 heterocycles. The number of ether oxygens (including phenoxy) is 1. The number of hydrogen-bond donors (Lipinski definition) is 2. The van der Waals surface area contributed by atoms with Crippen LogP contribution in [0.25, 0.3) is 0 Å². The van der Waals surface area contributed by atoms with Crippen molar-refractivity contribution in [2.24, 2.45) is 0 Å². The van der Waals surface area contributed by atoms with E-state index in [1.807, 2.05) is 29.6 Å². The van der Waals surface area contributed by atoms with Crippen molar-refractivity contribution in [1.82, 2.24) is 5.32 Å². The fourth-order valence-corrected chi connectivity index (χ4v) is 2.91. The zero-order valence-corrected chi connectivity index (χ0v) is 13.1. The van der Waals surface area contributed by atoms with Crippen molar-refractivity contribution in [3.63, 3.8) is 0 Å². The fraction of sp³-hybridized carbons (Fsp3) is 0.312. The van der Waals surface area contributed by atoms with E-state index in [-0.39, 0.29) is 5.91 Å². The molecule has 0 saturated heterocycles. The third-order valence-corrected chi connectivity index (χ3v) is 4.03. The first-order valence-electron chi connectivity index (χ1n) is 6.87. The lowest BCUT2D eigenvalue weighted by atomic mass is 10.1.